The van der Waals surface area contributed by atoms with Gasteiger partial charge in [0.1, 0.15) is 5.75 Å². The Kier molecular flexibility index (Phi) is 4.95. The van der Waals surface area contributed by atoms with Crippen LogP contribution in [-0.4, -0.2) is 68.1 Å². The molecule has 2 fully saturated rings. The zero-order valence-corrected chi connectivity index (χ0v) is 13.3. The number of hydrogen-bond acceptors (Lipinski definition) is 4. The lowest BCUT2D eigenvalue weighted by Gasteiger charge is -2.32. The van der Waals surface area contributed by atoms with E-state index in [2.05, 4.69) is 10.2 Å². The van der Waals surface area contributed by atoms with Crippen LogP contribution >= 0.6 is 0 Å². The summed E-state index contributed by atoms with van der Waals surface area (Å²) in [5, 5.41) is 3.38. The maximum Gasteiger partial charge on any atom is 0.227 e. The van der Waals surface area contributed by atoms with Gasteiger partial charge in [-0.2, -0.15) is 0 Å². The average molecular weight is 303 g/mol. The van der Waals surface area contributed by atoms with Gasteiger partial charge in [-0.1, -0.05) is 12.1 Å². The number of nitrogens with zero attached hydrogens (tertiary/aromatic N) is 2. The zero-order valence-electron chi connectivity index (χ0n) is 13.3. The van der Waals surface area contributed by atoms with Gasteiger partial charge in [0.05, 0.1) is 13.5 Å². The van der Waals surface area contributed by atoms with E-state index in [0.29, 0.717) is 12.5 Å². The van der Waals surface area contributed by atoms with Gasteiger partial charge in [-0.15, -0.1) is 0 Å². The molecule has 2 heterocycles. The lowest BCUT2D eigenvalue weighted by molar-refractivity contribution is -0.129. The molecule has 120 valence electrons. The molecule has 2 saturated heterocycles. The van der Waals surface area contributed by atoms with E-state index in [4.69, 9.17) is 4.74 Å². The Morgan fingerprint density at radius 3 is 2.91 bits per heavy atom. The van der Waals surface area contributed by atoms with Crippen molar-refractivity contribution in [3.8, 4) is 5.75 Å². The van der Waals surface area contributed by atoms with Gasteiger partial charge >= 0.3 is 0 Å². The molecule has 5 heteroatoms. The Morgan fingerprint density at radius 2 is 2.14 bits per heavy atom. The standard InChI is InChI=1S/C17H25N3O2/c1-22-16-4-2-3-14(11-16)12-17(21)20-8-5-15(13-20)19-9-6-18-7-10-19/h2-4,11,15,18H,5-10,12-13H2,1H3. The van der Waals surface area contributed by atoms with Gasteiger partial charge < -0.3 is 15.0 Å². The molecule has 0 saturated carbocycles. The number of piperazine rings is 1. The summed E-state index contributed by atoms with van der Waals surface area (Å²) in [4.78, 5) is 17.0. The average Bonchev–Trinajstić information content (AvgIpc) is 3.06. The van der Waals surface area contributed by atoms with Gasteiger partial charge in [-0.3, -0.25) is 9.69 Å². The molecule has 0 spiro atoms. The number of hydrogen-bond donors (Lipinski definition) is 1. The quantitative estimate of drug-likeness (QED) is 0.891. The van der Waals surface area contributed by atoms with Gasteiger partial charge in [0, 0.05) is 45.3 Å². The van der Waals surface area contributed by atoms with E-state index in [1.165, 1.54) is 0 Å². The molecule has 5 nitrogen and oxygen atoms in total. The number of carbonyl (C=O) groups excluding carboxylic acids is 1. The Hall–Kier alpha value is -1.59. The zero-order chi connectivity index (χ0) is 15.4. The molecular formula is C17H25N3O2. The highest BCUT2D eigenvalue weighted by Gasteiger charge is 2.30. The second-order valence-corrected chi connectivity index (χ2v) is 6.10. The summed E-state index contributed by atoms with van der Waals surface area (Å²) < 4.78 is 5.22. The third-order valence-corrected chi connectivity index (χ3v) is 4.67. The Labute approximate surface area is 132 Å². The molecular weight excluding hydrogens is 278 g/mol. The molecule has 1 unspecified atom stereocenters. The fourth-order valence-corrected chi connectivity index (χ4v) is 3.38. The van der Waals surface area contributed by atoms with Crippen LogP contribution in [0.25, 0.3) is 0 Å². The lowest BCUT2D eigenvalue weighted by atomic mass is 10.1. The first kappa shape index (κ1) is 15.3. The van der Waals surface area contributed by atoms with Crippen LogP contribution in [-0.2, 0) is 11.2 Å². The van der Waals surface area contributed by atoms with Crippen LogP contribution in [0, 0.1) is 0 Å². The second-order valence-electron chi connectivity index (χ2n) is 6.10. The third kappa shape index (κ3) is 3.59. The van der Waals surface area contributed by atoms with Crippen molar-refractivity contribution in [2.45, 2.75) is 18.9 Å². The highest BCUT2D eigenvalue weighted by Crippen LogP contribution is 2.19. The first-order chi connectivity index (χ1) is 10.8. The van der Waals surface area contributed by atoms with Crippen molar-refractivity contribution in [2.24, 2.45) is 0 Å². The summed E-state index contributed by atoms with van der Waals surface area (Å²) in [5.41, 5.74) is 1.02. The lowest BCUT2D eigenvalue weighted by Crippen LogP contribution is -2.49. The van der Waals surface area contributed by atoms with Crippen LogP contribution in [0.4, 0.5) is 0 Å². The fourth-order valence-electron chi connectivity index (χ4n) is 3.38. The summed E-state index contributed by atoms with van der Waals surface area (Å²) in [6, 6.07) is 8.32. The first-order valence-electron chi connectivity index (χ1n) is 8.12. The highest BCUT2D eigenvalue weighted by atomic mass is 16.5. The minimum atomic E-state index is 0.228. The van der Waals surface area contributed by atoms with Crippen molar-refractivity contribution in [2.75, 3.05) is 46.4 Å². The van der Waals surface area contributed by atoms with Crippen LogP contribution in [0.2, 0.25) is 0 Å². The molecule has 0 aliphatic carbocycles. The SMILES string of the molecule is COc1cccc(CC(=O)N2CCC(N3CCNCC3)C2)c1. The molecule has 2 aliphatic heterocycles. The first-order valence-corrected chi connectivity index (χ1v) is 8.12. The number of carbonyl (C=O) groups is 1. The van der Waals surface area contributed by atoms with E-state index < -0.39 is 0 Å². The van der Waals surface area contributed by atoms with Gasteiger partial charge in [0.25, 0.3) is 0 Å². The molecule has 1 aromatic carbocycles. The van der Waals surface area contributed by atoms with E-state index in [9.17, 15) is 4.79 Å². The largest absolute Gasteiger partial charge is 0.497 e. The smallest absolute Gasteiger partial charge is 0.227 e. The number of methoxy groups -OCH3 is 1. The summed E-state index contributed by atoms with van der Waals surface area (Å²) in [6.45, 7) is 6.09. The topological polar surface area (TPSA) is 44.8 Å². The van der Waals surface area contributed by atoms with Crippen molar-refractivity contribution in [3.63, 3.8) is 0 Å². The number of ether oxygens (including phenoxy) is 1. The van der Waals surface area contributed by atoms with E-state index in [0.717, 1.165) is 57.0 Å². The Morgan fingerprint density at radius 1 is 1.32 bits per heavy atom. The summed E-state index contributed by atoms with van der Waals surface area (Å²) in [7, 11) is 1.65. The summed E-state index contributed by atoms with van der Waals surface area (Å²) >= 11 is 0. The third-order valence-electron chi connectivity index (χ3n) is 4.67. The highest BCUT2D eigenvalue weighted by molar-refractivity contribution is 5.79. The molecule has 1 atom stereocenters. The van der Waals surface area contributed by atoms with Crippen molar-refractivity contribution >= 4 is 5.91 Å². The minimum absolute atomic E-state index is 0.228. The van der Waals surface area contributed by atoms with Crippen molar-refractivity contribution in [3.05, 3.63) is 29.8 Å². The predicted molar refractivity (Wildman–Crippen MR) is 86.1 cm³/mol. The normalized spacial score (nSPS) is 22.8. The second kappa shape index (κ2) is 7.11. The van der Waals surface area contributed by atoms with Crippen molar-refractivity contribution in [1.29, 1.82) is 0 Å². The number of amides is 1. The molecule has 1 amide bonds. The minimum Gasteiger partial charge on any atom is -0.497 e. The molecule has 0 bridgehead atoms. The predicted octanol–water partition coefficient (Wildman–Crippen LogP) is 0.744. The summed E-state index contributed by atoms with van der Waals surface area (Å²) in [6.07, 6.45) is 1.56. The number of likely N-dealkylation sites (tertiary alicyclic amines) is 1. The van der Waals surface area contributed by atoms with Crippen LogP contribution in [0.5, 0.6) is 5.75 Å². The van der Waals surface area contributed by atoms with Gasteiger partial charge in [-0.05, 0) is 24.1 Å². The molecule has 3 rings (SSSR count). The van der Waals surface area contributed by atoms with Gasteiger partial charge in [-0.25, -0.2) is 0 Å². The van der Waals surface area contributed by atoms with Crippen LogP contribution in [0.15, 0.2) is 24.3 Å². The van der Waals surface area contributed by atoms with Crippen LogP contribution in [0.1, 0.15) is 12.0 Å². The molecule has 2 aliphatic rings. The van der Waals surface area contributed by atoms with Crippen molar-refractivity contribution < 1.29 is 9.53 Å². The molecule has 22 heavy (non-hydrogen) atoms. The number of benzene rings is 1. The fraction of sp³-hybridized carbons (Fsp3) is 0.588. The van der Waals surface area contributed by atoms with E-state index in [1.54, 1.807) is 7.11 Å². The maximum atomic E-state index is 12.5. The summed E-state index contributed by atoms with van der Waals surface area (Å²) in [5.74, 6) is 1.04. The van der Waals surface area contributed by atoms with Crippen LogP contribution in [0.3, 0.4) is 0 Å². The van der Waals surface area contributed by atoms with E-state index in [-0.39, 0.29) is 5.91 Å². The maximum absolute atomic E-state index is 12.5. The van der Waals surface area contributed by atoms with Crippen LogP contribution < -0.4 is 10.1 Å². The Balaban J connectivity index is 1.54. The molecule has 1 N–H and O–H groups in total. The van der Waals surface area contributed by atoms with Gasteiger partial charge in [0.15, 0.2) is 0 Å². The van der Waals surface area contributed by atoms with Crippen molar-refractivity contribution in [1.82, 2.24) is 15.1 Å². The molecule has 0 radical (unpaired) electrons. The molecule has 1 aromatic rings. The monoisotopic (exact) mass is 303 g/mol. The Bertz CT molecular complexity index is 514. The van der Waals surface area contributed by atoms with E-state index in [1.807, 2.05) is 29.2 Å². The van der Waals surface area contributed by atoms with E-state index >= 15 is 0 Å². The van der Waals surface area contributed by atoms with Gasteiger partial charge in [0.2, 0.25) is 5.91 Å². The number of rotatable bonds is 4. The number of nitrogens with one attached hydrogen (secondary N) is 1. The molecule has 0 aromatic heterocycles.